The number of rotatable bonds is 2. The number of allylic oxidation sites excluding steroid dienone is 2. The van der Waals surface area contributed by atoms with E-state index in [0.29, 0.717) is 11.3 Å². The fraction of sp³-hybridized carbons (Fsp3) is 0.211. The lowest BCUT2D eigenvalue weighted by Gasteiger charge is -2.38. The van der Waals surface area contributed by atoms with Crippen molar-refractivity contribution in [3.63, 3.8) is 0 Å². The van der Waals surface area contributed by atoms with Gasteiger partial charge in [0.2, 0.25) is 0 Å². The Balaban J connectivity index is 1.87. The number of fused-ring (bicyclic) bond motifs is 3. The van der Waals surface area contributed by atoms with Crippen LogP contribution < -0.4 is 5.32 Å². The molecule has 4 heteroatoms. The van der Waals surface area contributed by atoms with Gasteiger partial charge in [-0.05, 0) is 30.0 Å². The van der Waals surface area contributed by atoms with Crippen LogP contribution in [0.1, 0.15) is 39.9 Å². The predicted octanol–water partition coefficient (Wildman–Crippen LogP) is 4.35. The summed E-state index contributed by atoms with van der Waals surface area (Å²) in [6.45, 7) is 0. The van der Waals surface area contributed by atoms with Crippen molar-refractivity contribution in [2.24, 2.45) is 5.92 Å². The van der Waals surface area contributed by atoms with E-state index in [1.807, 2.05) is 12.1 Å². The van der Waals surface area contributed by atoms with E-state index in [2.05, 4.69) is 17.5 Å². The second-order valence-corrected chi connectivity index (χ2v) is 6.07. The molecule has 2 aromatic rings. The summed E-state index contributed by atoms with van der Waals surface area (Å²) in [6, 6.07) is 11.8. The first-order chi connectivity index (χ1) is 11.2. The second kappa shape index (κ2) is 5.23. The van der Waals surface area contributed by atoms with Crippen molar-refractivity contribution in [1.29, 1.82) is 0 Å². The molecule has 1 heterocycles. The summed E-state index contributed by atoms with van der Waals surface area (Å²) in [5, 5.41) is 12.8. The molecule has 2 aromatic carbocycles. The SMILES string of the molecule is O=C(O)c1cccc2c1NC(c1ccccc1F)C1CC=CC21. The van der Waals surface area contributed by atoms with Gasteiger partial charge in [0, 0.05) is 11.5 Å². The third kappa shape index (κ3) is 2.13. The molecule has 23 heavy (non-hydrogen) atoms. The normalized spacial score (nSPS) is 24.7. The number of anilines is 1. The van der Waals surface area contributed by atoms with E-state index in [-0.39, 0.29) is 29.3 Å². The van der Waals surface area contributed by atoms with Gasteiger partial charge in [0.1, 0.15) is 5.82 Å². The zero-order chi connectivity index (χ0) is 16.0. The number of benzene rings is 2. The minimum absolute atomic E-state index is 0.121. The molecule has 0 spiro atoms. The zero-order valence-electron chi connectivity index (χ0n) is 12.4. The molecule has 0 fully saturated rings. The molecule has 0 amide bonds. The summed E-state index contributed by atoms with van der Waals surface area (Å²) >= 11 is 0. The Bertz CT molecular complexity index is 815. The summed E-state index contributed by atoms with van der Waals surface area (Å²) in [4.78, 5) is 11.5. The molecule has 116 valence electrons. The molecule has 0 radical (unpaired) electrons. The number of hydrogen-bond acceptors (Lipinski definition) is 2. The van der Waals surface area contributed by atoms with Crippen molar-refractivity contribution in [2.45, 2.75) is 18.4 Å². The Labute approximate surface area is 133 Å². The molecule has 0 bridgehead atoms. The average Bonchev–Trinajstić information content (AvgIpc) is 3.04. The average molecular weight is 309 g/mol. The Morgan fingerprint density at radius 2 is 1.91 bits per heavy atom. The third-order valence-electron chi connectivity index (χ3n) is 4.87. The summed E-state index contributed by atoms with van der Waals surface area (Å²) < 4.78 is 14.3. The Hall–Kier alpha value is -2.62. The van der Waals surface area contributed by atoms with Crippen LogP contribution in [0.5, 0.6) is 0 Å². The van der Waals surface area contributed by atoms with Crippen molar-refractivity contribution in [1.82, 2.24) is 0 Å². The van der Waals surface area contributed by atoms with Gasteiger partial charge >= 0.3 is 5.97 Å². The van der Waals surface area contributed by atoms with Crippen LogP contribution in [0.25, 0.3) is 0 Å². The van der Waals surface area contributed by atoms with E-state index in [4.69, 9.17) is 0 Å². The number of carboxylic acids is 1. The monoisotopic (exact) mass is 309 g/mol. The molecule has 0 saturated heterocycles. The van der Waals surface area contributed by atoms with Gasteiger partial charge in [-0.2, -0.15) is 0 Å². The van der Waals surface area contributed by atoms with Gasteiger partial charge in [0.05, 0.1) is 17.3 Å². The van der Waals surface area contributed by atoms with Crippen LogP contribution in [-0.4, -0.2) is 11.1 Å². The molecule has 0 saturated carbocycles. The Morgan fingerprint density at radius 3 is 2.70 bits per heavy atom. The number of halogens is 1. The molecule has 1 aliphatic heterocycles. The van der Waals surface area contributed by atoms with Crippen molar-refractivity contribution >= 4 is 11.7 Å². The van der Waals surface area contributed by atoms with E-state index in [9.17, 15) is 14.3 Å². The third-order valence-corrected chi connectivity index (χ3v) is 4.87. The second-order valence-electron chi connectivity index (χ2n) is 6.07. The Morgan fingerprint density at radius 1 is 1.13 bits per heavy atom. The highest BCUT2D eigenvalue weighted by Gasteiger charge is 2.40. The smallest absolute Gasteiger partial charge is 0.337 e. The van der Waals surface area contributed by atoms with E-state index in [1.54, 1.807) is 24.3 Å². The van der Waals surface area contributed by atoms with Gasteiger partial charge in [-0.25, -0.2) is 9.18 Å². The maximum Gasteiger partial charge on any atom is 0.337 e. The van der Waals surface area contributed by atoms with E-state index >= 15 is 0 Å². The number of carbonyl (C=O) groups is 1. The topological polar surface area (TPSA) is 49.3 Å². The fourth-order valence-corrected chi connectivity index (χ4v) is 3.83. The number of para-hydroxylation sites is 1. The van der Waals surface area contributed by atoms with Gasteiger partial charge in [-0.1, -0.05) is 42.5 Å². The van der Waals surface area contributed by atoms with Crippen LogP contribution in [0.4, 0.5) is 10.1 Å². The van der Waals surface area contributed by atoms with Crippen LogP contribution in [0.3, 0.4) is 0 Å². The highest BCUT2D eigenvalue weighted by Crippen LogP contribution is 2.50. The molecule has 3 atom stereocenters. The first-order valence-corrected chi connectivity index (χ1v) is 7.70. The summed E-state index contributed by atoms with van der Waals surface area (Å²) in [7, 11) is 0. The van der Waals surface area contributed by atoms with Gasteiger partial charge in [0.25, 0.3) is 0 Å². The quantitative estimate of drug-likeness (QED) is 0.811. The first kappa shape index (κ1) is 14.0. The Kier molecular flexibility index (Phi) is 3.18. The number of aromatic carboxylic acids is 1. The minimum Gasteiger partial charge on any atom is -0.478 e. The highest BCUT2D eigenvalue weighted by molar-refractivity contribution is 5.95. The van der Waals surface area contributed by atoms with Crippen molar-refractivity contribution in [2.75, 3.05) is 5.32 Å². The largest absolute Gasteiger partial charge is 0.478 e. The number of hydrogen-bond donors (Lipinski definition) is 2. The lowest BCUT2D eigenvalue weighted by atomic mass is 9.76. The van der Waals surface area contributed by atoms with Gasteiger partial charge in [-0.15, -0.1) is 0 Å². The van der Waals surface area contributed by atoms with Gasteiger partial charge in [-0.3, -0.25) is 0 Å². The molecule has 2 aliphatic rings. The lowest BCUT2D eigenvalue weighted by Crippen LogP contribution is -2.30. The van der Waals surface area contributed by atoms with E-state index in [0.717, 1.165) is 12.0 Å². The van der Waals surface area contributed by atoms with Crippen molar-refractivity contribution in [3.05, 3.63) is 77.1 Å². The maximum absolute atomic E-state index is 14.3. The molecular weight excluding hydrogens is 293 g/mol. The van der Waals surface area contributed by atoms with Crippen LogP contribution in [0.15, 0.2) is 54.6 Å². The summed E-state index contributed by atoms with van der Waals surface area (Å²) in [6.07, 6.45) is 5.07. The minimum atomic E-state index is -0.970. The molecule has 2 N–H and O–H groups in total. The van der Waals surface area contributed by atoms with Crippen molar-refractivity contribution in [3.8, 4) is 0 Å². The fourth-order valence-electron chi connectivity index (χ4n) is 3.83. The molecular formula is C19H16FNO2. The van der Waals surface area contributed by atoms with Gasteiger partial charge < -0.3 is 10.4 Å². The number of carboxylic acid groups (broad SMARTS) is 1. The van der Waals surface area contributed by atoms with E-state index in [1.165, 1.54) is 6.07 Å². The lowest BCUT2D eigenvalue weighted by molar-refractivity contribution is 0.0697. The maximum atomic E-state index is 14.3. The standard InChI is InChI=1S/C19H16FNO2/c20-16-10-2-1-5-14(16)17-12-7-3-6-11(12)13-8-4-9-15(19(22)23)18(13)21-17/h1-6,8-12,17,21H,7H2,(H,22,23). The van der Waals surface area contributed by atoms with Crippen LogP contribution in [0, 0.1) is 11.7 Å². The van der Waals surface area contributed by atoms with Crippen molar-refractivity contribution < 1.29 is 14.3 Å². The van der Waals surface area contributed by atoms with Crippen LogP contribution in [-0.2, 0) is 0 Å². The molecule has 1 aliphatic carbocycles. The first-order valence-electron chi connectivity index (χ1n) is 7.70. The zero-order valence-corrected chi connectivity index (χ0v) is 12.4. The summed E-state index contributed by atoms with van der Waals surface area (Å²) in [5.74, 6) is -0.910. The summed E-state index contributed by atoms with van der Waals surface area (Å²) in [5.41, 5.74) is 2.43. The predicted molar refractivity (Wildman–Crippen MR) is 86.2 cm³/mol. The van der Waals surface area contributed by atoms with E-state index < -0.39 is 5.97 Å². The molecule has 3 nitrogen and oxygen atoms in total. The molecule has 0 aromatic heterocycles. The van der Waals surface area contributed by atoms with Crippen LogP contribution in [0.2, 0.25) is 0 Å². The van der Waals surface area contributed by atoms with Crippen LogP contribution >= 0.6 is 0 Å². The molecule has 3 unspecified atom stereocenters. The number of nitrogens with one attached hydrogen (secondary N) is 1. The highest BCUT2D eigenvalue weighted by atomic mass is 19.1. The molecule has 4 rings (SSSR count). The van der Waals surface area contributed by atoms with Gasteiger partial charge in [0.15, 0.2) is 0 Å².